The van der Waals surface area contributed by atoms with Crippen LogP contribution in [0.3, 0.4) is 0 Å². The van der Waals surface area contributed by atoms with Gasteiger partial charge in [-0.05, 0) is 24.3 Å². The summed E-state index contributed by atoms with van der Waals surface area (Å²) in [5, 5.41) is 5.77. The summed E-state index contributed by atoms with van der Waals surface area (Å²) in [5.74, 6) is -1.22. The summed E-state index contributed by atoms with van der Waals surface area (Å²) in [6, 6.07) is 4.85. The molecule has 0 fully saturated rings. The highest BCUT2D eigenvalue weighted by Gasteiger charge is 2.22. The van der Waals surface area contributed by atoms with Crippen molar-refractivity contribution < 1.29 is 35.9 Å². The first kappa shape index (κ1) is 20.7. The number of alkyl halides is 6. The highest BCUT2D eigenvalue weighted by Crippen LogP contribution is 2.29. The average Bonchev–Trinajstić information content (AvgIpc) is 3.06. The second-order valence-corrected chi connectivity index (χ2v) is 5.89. The molecule has 0 bridgehead atoms. The number of anilines is 1. The summed E-state index contributed by atoms with van der Waals surface area (Å²) < 4.78 is 81.2. The van der Waals surface area contributed by atoms with Crippen LogP contribution in [0.4, 0.5) is 32.0 Å². The van der Waals surface area contributed by atoms with Gasteiger partial charge in [-0.1, -0.05) is 11.6 Å². The van der Waals surface area contributed by atoms with Crippen LogP contribution in [0.1, 0.15) is 34.7 Å². The number of amides is 1. The van der Waals surface area contributed by atoms with E-state index in [2.05, 4.69) is 20.1 Å². The van der Waals surface area contributed by atoms with Gasteiger partial charge in [0.2, 0.25) is 0 Å². The number of rotatable bonds is 6. The number of hydrogen-bond donors (Lipinski definition) is 1. The summed E-state index contributed by atoms with van der Waals surface area (Å²) in [5.41, 5.74) is -2.45. The molecular weight excluding hydrogens is 430 g/mol. The van der Waals surface area contributed by atoms with Crippen molar-refractivity contribution in [3.05, 3.63) is 52.4 Å². The summed E-state index contributed by atoms with van der Waals surface area (Å²) >= 11 is 5.78. The van der Waals surface area contributed by atoms with Crippen LogP contribution in [0.25, 0.3) is 5.65 Å². The molecule has 1 amide bonds. The highest BCUT2D eigenvalue weighted by molar-refractivity contribution is 6.32. The Hall–Kier alpha value is -3.02. The maximum atomic E-state index is 13.2. The van der Waals surface area contributed by atoms with Crippen LogP contribution < -0.4 is 10.1 Å². The fourth-order valence-electron chi connectivity index (χ4n) is 2.36. The third-order valence-electron chi connectivity index (χ3n) is 3.56. The summed E-state index contributed by atoms with van der Waals surface area (Å²) in [7, 11) is 0. The Morgan fingerprint density at radius 1 is 1.07 bits per heavy atom. The molecule has 0 unspecified atom stereocenters. The molecule has 3 aromatic rings. The molecule has 0 aliphatic rings. The van der Waals surface area contributed by atoms with Crippen LogP contribution in [0, 0.1) is 0 Å². The molecule has 6 nitrogen and oxygen atoms in total. The molecule has 2 aromatic heterocycles. The van der Waals surface area contributed by atoms with E-state index < -0.39 is 42.5 Å². The maximum Gasteiger partial charge on any atom is 0.387 e. The van der Waals surface area contributed by atoms with E-state index in [0.717, 1.165) is 18.2 Å². The largest absolute Gasteiger partial charge is 0.433 e. The van der Waals surface area contributed by atoms with E-state index in [1.807, 2.05) is 0 Å². The molecule has 0 saturated carbocycles. The zero-order valence-corrected chi connectivity index (χ0v) is 14.7. The number of carbonyl (C=O) groups is 1. The molecule has 0 saturated heterocycles. The van der Waals surface area contributed by atoms with Gasteiger partial charge in [-0.25, -0.2) is 27.1 Å². The Morgan fingerprint density at radius 3 is 2.38 bits per heavy atom. The molecule has 2 heterocycles. The molecule has 0 spiro atoms. The highest BCUT2D eigenvalue weighted by atomic mass is 35.5. The Morgan fingerprint density at radius 2 is 1.79 bits per heavy atom. The van der Waals surface area contributed by atoms with Gasteiger partial charge in [0, 0.05) is 11.8 Å². The van der Waals surface area contributed by atoms with Gasteiger partial charge in [-0.2, -0.15) is 13.9 Å². The number of fused-ring (bicyclic) bond motifs is 1. The number of ether oxygens (including phenoxy) is 1. The van der Waals surface area contributed by atoms with Gasteiger partial charge in [0.05, 0.1) is 5.02 Å². The molecule has 154 valence electrons. The molecule has 29 heavy (non-hydrogen) atoms. The predicted molar refractivity (Wildman–Crippen MR) is 88.9 cm³/mol. The first-order valence-corrected chi connectivity index (χ1v) is 8.06. The second kappa shape index (κ2) is 8.15. The fourth-order valence-corrected chi connectivity index (χ4v) is 2.59. The van der Waals surface area contributed by atoms with Crippen LogP contribution in [0.15, 0.2) is 30.3 Å². The minimum atomic E-state index is -3.14. The molecular formula is C16H9ClF6N4O2. The Bertz CT molecular complexity index is 1060. The molecule has 1 aromatic carbocycles. The van der Waals surface area contributed by atoms with E-state index in [1.54, 1.807) is 0 Å². The molecule has 3 rings (SSSR count). The fraction of sp³-hybridized carbons (Fsp3) is 0.188. The minimum Gasteiger partial charge on any atom is -0.433 e. The number of halogens is 7. The van der Waals surface area contributed by atoms with Crippen LogP contribution >= 0.6 is 11.6 Å². The zero-order chi connectivity index (χ0) is 21.3. The van der Waals surface area contributed by atoms with Crippen LogP contribution in [0.2, 0.25) is 5.02 Å². The van der Waals surface area contributed by atoms with Crippen molar-refractivity contribution in [2.45, 2.75) is 19.5 Å². The first-order valence-electron chi connectivity index (χ1n) is 7.68. The number of benzene rings is 1. The Balaban J connectivity index is 1.89. The number of nitrogens with one attached hydrogen (secondary N) is 1. The van der Waals surface area contributed by atoms with Crippen molar-refractivity contribution >= 4 is 28.8 Å². The van der Waals surface area contributed by atoms with Crippen molar-refractivity contribution in [1.82, 2.24) is 14.6 Å². The lowest BCUT2D eigenvalue weighted by Crippen LogP contribution is -2.13. The maximum absolute atomic E-state index is 13.2. The lowest BCUT2D eigenvalue weighted by molar-refractivity contribution is -0.0497. The van der Waals surface area contributed by atoms with E-state index in [0.29, 0.717) is 10.6 Å². The number of hydrogen-bond acceptors (Lipinski definition) is 4. The van der Waals surface area contributed by atoms with Crippen LogP contribution in [0.5, 0.6) is 5.75 Å². The smallest absolute Gasteiger partial charge is 0.387 e. The quantitative estimate of drug-likeness (QED) is 0.543. The van der Waals surface area contributed by atoms with E-state index in [4.69, 9.17) is 11.6 Å². The van der Waals surface area contributed by atoms with Crippen LogP contribution in [-0.4, -0.2) is 27.1 Å². The standard InChI is InChI=1S/C16H9ClF6N4O2/c17-7-3-6(1-2-11(7)29-16(22)23)24-15(28)9-5-12-25-8(13(18)19)4-10(14(20)21)27(12)26-9/h1-5,13-14,16H,(H,24,28). The monoisotopic (exact) mass is 438 g/mol. The van der Waals surface area contributed by atoms with Crippen molar-refractivity contribution in [3.63, 3.8) is 0 Å². The van der Waals surface area contributed by atoms with E-state index >= 15 is 0 Å². The number of aromatic nitrogens is 3. The number of nitrogens with zero attached hydrogens (tertiary/aromatic N) is 3. The molecule has 0 aliphatic carbocycles. The van der Waals surface area contributed by atoms with Gasteiger partial charge in [0.15, 0.2) is 11.3 Å². The van der Waals surface area contributed by atoms with Gasteiger partial charge in [0.25, 0.3) is 18.8 Å². The van der Waals surface area contributed by atoms with Gasteiger partial charge in [-0.3, -0.25) is 4.79 Å². The first-order chi connectivity index (χ1) is 13.7. The Labute approximate surface area is 163 Å². The summed E-state index contributed by atoms with van der Waals surface area (Å²) in [4.78, 5) is 15.8. The lowest BCUT2D eigenvalue weighted by Gasteiger charge is -2.09. The van der Waals surface area contributed by atoms with Gasteiger partial charge >= 0.3 is 6.61 Å². The van der Waals surface area contributed by atoms with Gasteiger partial charge in [-0.15, -0.1) is 0 Å². The lowest BCUT2D eigenvalue weighted by atomic mass is 10.3. The SMILES string of the molecule is O=C(Nc1ccc(OC(F)F)c(Cl)c1)c1cc2nc(C(F)F)cc(C(F)F)n2n1. The predicted octanol–water partition coefficient (Wildman–Crippen LogP) is 5.11. The topological polar surface area (TPSA) is 68.5 Å². The number of carbonyl (C=O) groups excluding carboxylic acids is 1. The van der Waals surface area contributed by atoms with Crippen molar-refractivity contribution in [2.75, 3.05) is 5.32 Å². The summed E-state index contributed by atoms with van der Waals surface area (Å²) in [6.45, 7) is -3.10. The van der Waals surface area contributed by atoms with Gasteiger partial charge < -0.3 is 10.1 Å². The van der Waals surface area contributed by atoms with Crippen molar-refractivity contribution in [1.29, 1.82) is 0 Å². The van der Waals surface area contributed by atoms with Crippen molar-refractivity contribution in [3.8, 4) is 5.75 Å². The van der Waals surface area contributed by atoms with Gasteiger partial charge in [0.1, 0.15) is 17.1 Å². The summed E-state index contributed by atoms with van der Waals surface area (Å²) in [6.07, 6.45) is -6.24. The molecule has 0 atom stereocenters. The molecule has 1 N–H and O–H groups in total. The average molecular weight is 439 g/mol. The normalized spacial score (nSPS) is 11.7. The van der Waals surface area contributed by atoms with Crippen molar-refractivity contribution in [2.24, 2.45) is 0 Å². The molecule has 0 aliphatic heterocycles. The van der Waals surface area contributed by atoms with E-state index in [9.17, 15) is 31.1 Å². The Kier molecular flexibility index (Phi) is 5.82. The van der Waals surface area contributed by atoms with Crippen LogP contribution in [-0.2, 0) is 0 Å². The molecule has 0 radical (unpaired) electrons. The zero-order valence-electron chi connectivity index (χ0n) is 13.9. The third kappa shape index (κ3) is 4.53. The molecule has 13 heteroatoms. The second-order valence-electron chi connectivity index (χ2n) is 5.48. The van der Waals surface area contributed by atoms with E-state index in [1.165, 1.54) is 6.07 Å². The minimum absolute atomic E-state index is 0.0639. The van der Waals surface area contributed by atoms with E-state index in [-0.39, 0.29) is 22.1 Å². The third-order valence-corrected chi connectivity index (χ3v) is 3.86.